The smallest absolute Gasteiger partial charge is 0.253 e. The fraction of sp³-hybridized carbons (Fsp3) is 0.455. The lowest BCUT2D eigenvalue weighted by atomic mass is 10.2. The van der Waals surface area contributed by atoms with Gasteiger partial charge in [-0.25, -0.2) is 0 Å². The number of hydrogen-bond acceptors (Lipinski definition) is 4. The van der Waals surface area contributed by atoms with E-state index in [1.165, 1.54) is 19.5 Å². The van der Waals surface area contributed by atoms with E-state index >= 15 is 0 Å². The van der Waals surface area contributed by atoms with Crippen molar-refractivity contribution in [2.75, 3.05) is 20.3 Å². The molecule has 1 atom stereocenters. The molecule has 0 saturated heterocycles. The number of aromatic nitrogens is 1. The van der Waals surface area contributed by atoms with Gasteiger partial charge in [-0.15, -0.1) is 0 Å². The number of aliphatic hydroxyl groups excluding tert-OH is 1. The summed E-state index contributed by atoms with van der Waals surface area (Å²) >= 11 is 5.85. The van der Waals surface area contributed by atoms with Crippen molar-refractivity contribution in [2.24, 2.45) is 0 Å². The predicted octanol–water partition coefficient (Wildman–Crippen LogP) is 0.862. The van der Waals surface area contributed by atoms with E-state index in [0.717, 1.165) is 0 Å². The van der Waals surface area contributed by atoms with Crippen molar-refractivity contribution in [3.05, 3.63) is 29.0 Å². The minimum absolute atomic E-state index is 0.0155. The van der Waals surface area contributed by atoms with Gasteiger partial charge >= 0.3 is 0 Å². The maximum Gasteiger partial charge on any atom is 0.253 e. The van der Waals surface area contributed by atoms with Crippen LogP contribution in [0.5, 0.6) is 0 Å². The first-order valence-electron chi connectivity index (χ1n) is 5.19. The Hall–Kier alpha value is -1.17. The molecular formula is C11H15ClN2O3. The SMILES string of the molecule is COCC(CCO)NC(=O)c1ccncc1Cl. The van der Waals surface area contributed by atoms with Crippen molar-refractivity contribution in [3.63, 3.8) is 0 Å². The molecule has 1 amide bonds. The molecule has 6 heteroatoms. The number of ether oxygens (including phenoxy) is 1. The highest BCUT2D eigenvalue weighted by atomic mass is 35.5. The van der Waals surface area contributed by atoms with Crippen LogP contribution in [0.4, 0.5) is 0 Å². The van der Waals surface area contributed by atoms with Crippen molar-refractivity contribution in [3.8, 4) is 0 Å². The Morgan fingerprint density at radius 3 is 3.06 bits per heavy atom. The molecule has 0 bridgehead atoms. The van der Waals surface area contributed by atoms with Crippen molar-refractivity contribution >= 4 is 17.5 Å². The number of pyridine rings is 1. The minimum atomic E-state index is -0.298. The summed E-state index contributed by atoms with van der Waals surface area (Å²) < 4.78 is 4.95. The van der Waals surface area contributed by atoms with Crippen LogP contribution in [0.25, 0.3) is 0 Å². The van der Waals surface area contributed by atoms with Gasteiger partial charge in [0.05, 0.1) is 23.2 Å². The number of aliphatic hydroxyl groups is 1. The molecule has 1 rings (SSSR count). The molecule has 0 aromatic carbocycles. The molecule has 0 saturated carbocycles. The van der Waals surface area contributed by atoms with Crippen LogP contribution in [0.1, 0.15) is 16.8 Å². The zero-order chi connectivity index (χ0) is 12.7. The molecular weight excluding hydrogens is 244 g/mol. The van der Waals surface area contributed by atoms with Crippen LogP contribution >= 0.6 is 11.6 Å². The fourth-order valence-electron chi connectivity index (χ4n) is 1.38. The van der Waals surface area contributed by atoms with Gasteiger partial charge in [-0.1, -0.05) is 11.6 Å². The van der Waals surface area contributed by atoms with E-state index in [-0.39, 0.29) is 18.6 Å². The van der Waals surface area contributed by atoms with Crippen LogP contribution < -0.4 is 5.32 Å². The van der Waals surface area contributed by atoms with Gasteiger partial charge in [0, 0.05) is 26.1 Å². The van der Waals surface area contributed by atoms with E-state index in [0.29, 0.717) is 23.6 Å². The van der Waals surface area contributed by atoms with Crippen LogP contribution in [0, 0.1) is 0 Å². The Morgan fingerprint density at radius 2 is 2.47 bits per heavy atom. The van der Waals surface area contributed by atoms with Crippen LogP contribution in [0.3, 0.4) is 0 Å². The van der Waals surface area contributed by atoms with E-state index in [9.17, 15) is 4.79 Å². The minimum Gasteiger partial charge on any atom is -0.396 e. The first kappa shape index (κ1) is 13.9. The molecule has 0 spiro atoms. The molecule has 1 aromatic rings. The lowest BCUT2D eigenvalue weighted by molar-refractivity contribution is 0.0879. The molecule has 0 aliphatic carbocycles. The Labute approximate surface area is 105 Å². The molecule has 17 heavy (non-hydrogen) atoms. The van der Waals surface area contributed by atoms with Crippen LogP contribution in [0.15, 0.2) is 18.5 Å². The molecule has 2 N–H and O–H groups in total. The van der Waals surface area contributed by atoms with Gasteiger partial charge in [-0.05, 0) is 12.5 Å². The highest BCUT2D eigenvalue weighted by Gasteiger charge is 2.15. The van der Waals surface area contributed by atoms with Crippen molar-refractivity contribution in [2.45, 2.75) is 12.5 Å². The lowest BCUT2D eigenvalue weighted by Gasteiger charge is -2.17. The molecule has 5 nitrogen and oxygen atoms in total. The lowest BCUT2D eigenvalue weighted by Crippen LogP contribution is -2.38. The maximum atomic E-state index is 11.9. The summed E-state index contributed by atoms with van der Waals surface area (Å²) in [7, 11) is 1.54. The summed E-state index contributed by atoms with van der Waals surface area (Å²) in [6.45, 7) is 0.327. The van der Waals surface area contributed by atoms with Gasteiger partial charge in [0.1, 0.15) is 0 Å². The molecule has 1 heterocycles. The predicted molar refractivity (Wildman–Crippen MR) is 64.1 cm³/mol. The molecule has 0 fully saturated rings. The van der Waals surface area contributed by atoms with Gasteiger partial charge in [-0.2, -0.15) is 0 Å². The average molecular weight is 259 g/mol. The molecule has 1 aromatic heterocycles. The Morgan fingerprint density at radius 1 is 1.71 bits per heavy atom. The number of amides is 1. The average Bonchev–Trinajstić information content (AvgIpc) is 2.30. The number of nitrogens with one attached hydrogen (secondary N) is 1. The third kappa shape index (κ3) is 4.30. The summed E-state index contributed by atoms with van der Waals surface area (Å²) in [6.07, 6.45) is 3.34. The Kier molecular flexibility index (Phi) is 5.90. The first-order chi connectivity index (χ1) is 8.19. The highest BCUT2D eigenvalue weighted by molar-refractivity contribution is 6.33. The second-order valence-corrected chi connectivity index (χ2v) is 3.90. The molecule has 0 aliphatic rings. The van der Waals surface area contributed by atoms with Gasteiger partial charge < -0.3 is 15.2 Å². The quantitative estimate of drug-likeness (QED) is 0.794. The third-order valence-corrected chi connectivity index (χ3v) is 2.50. The number of halogens is 1. The second kappa shape index (κ2) is 7.21. The molecule has 94 valence electrons. The van der Waals surface area contributed by atoms with Crippen LogP contribution in [-0.4, -0.2) is 42.4 Å². The van der Waals surface area contributed by atoms with E-state index in [4.69, 9.17) is 21.4 Å². The second-order valence-electron chi connectivity index (χ2n) is 3.49. The molecule has 1 unspecified atom stereocenters. The standard InChI is InChI=1S/C11H15ClN2O3/c1-17-7-8(3-5-15)14-11(16)9-2-4-13-6-10(9)12/h2,4,6,8,15H,3,5,7H2,1H3,(H,14,16). The summed E-state index contributed by atoms with van der Waals surface area (Å²) in [5.74, 6) is -0.298. The largest absolute Gasteiger partial charge is 0.396 e. The zero-order valence-corrected chi connectivity index (χ0v) is 10.3. The number of carbonyl (C=O) groups is 1. The van der Waals surface area contributed by atoms with Gasteiger partial charge in [0.2, 0.25) is 0 Å². The zero-order valence-electron chi connectivity index (χ0n) is 9.52. The van der Waals surface area contributed by atoms with E-state index in [2.05, 4.69) is 10.3 Å². The van der Waals surface area contributed by atoms with Crippen molar-refractivity contribution in [1.82, 2.24) is 10.3 Å². The molecule has 0 radical (unpaired) electrons. The first-order valence-corrected chi connectivity index (χ1v) is 5.57. The topological polar surface area (TPSA) is 71.5 Å². The van der Waals surface area contributed by atoms with Gasteiger partial charge in [0.15, 0.2) is 0 Å². The summed E-state index contributed by atoms with van der Waals surface area (Å²) in [6, 6.07) is 1.31. The monoisotopic (exact) mass is 258 g/mol. The Balaban J connectivity index is 2.67. The third-order valence-electron chi connectivity index (χ3n) is 2.20. The number of carbonyl (C=O) groups excluding carboxylic acids is 1. The van der Waals surface area contributed by atoms with Gasteiger partial charge in [0.25, 0.3) is 5.91 Å². The number of methoxy groups -OCH3 is 1. The van der Waals surface area contributed by atoms with Crippen molar-refractivity contribution < 1.29 is 14.6 Å². The fourth-order valence-corrected chi connectivity index (χ4v) is 1.58. The summed E-state index contributed by atoms with van der Waals surface area (Å²) in [5, 5.41) is 11.9. The van der Waals surface area contributed by atoms with E-state index in [1.54, 1.807) is 6.07 Å². The number of nitrogens with zero attached hydrogens (tertiary/aromatic N) is 1. The van der Waals surface area contributed by atoms with E-state index in [1.807, 2.05) is 0 Å². The normalized spacial score (nSPS) is 12.2. The van der Waals surface area contributed by atoms with Crippen LogP contribution in [0.2, 0.25) is 5.02 Å². The summed E-state index contributed by atoms with van der Waals surface area (Å²) in [5.41, 5.74) is 0.362. The molecule has 0 aliphatic heterocycles. The highest BCUT2D eigenvalue weighted by Crippen LogP contribution is 2.13. The summed E-state index contributed by atoms with van der Waals surface area (Å²) in [4.78, 5) is 15.7. The Bertz CT molecular complexity index is 367. The number of rotatable bonds is 6. The van der Waals surface area contributed by atoms with Crippen molar-refractivity contribution in [1.29, 1.82) is 0 Å². The maximum absolute atomic E-state index is 11.9. The van der Waals surface area contributed by atoms with Crippen LogP contribution in [-0.2, 0) is 4.74 Å². The van der Waals surface area contributed by atoms with E-state index < -0.39 is 0 Å². The van der Waals surface area contributed by atoms with Gasteiger partial charge in [-0.3, -0.25) is 9.78 Å². The number of hydrogen-bond donors (Lipinski definition) is 2.